The number of likely N-dealkylation sites (N-methyl/N-ethyl adjacent to an activating group) is 1. The van der Waals surface area contributed by atoms with Crippen LogP contribution in [-0.4, -0.2) is 59.0 Å². The minimum atomic E-state index is -0.252. The highest BCUT2D eigenvalue weighted by Crippen LogP contribution is 2.41. The summed E-state index contributed by atoms with van der Waals surface area (Å²) in [5.41, 5.74) is 4.87. The molecule has 0 saturated carbocycles. The average Bonchev–Trinajstić information content (AvgIpc) is 3.32. The van der Waals surface area contributed by atoms with Gasteiger partial charge in [0.05, 0.1) is 30.0 Å². The van der Waals surface area contributed by atoms with Crippen LogP contribution in [0.2, 0.25) is 0 Å². The molecule has 0 spiro atoms. The first kappa shape index (κ1) is 26.1. The smallest absolute Gasteiger partial charge is 0.142 e. The summed E-state index contributed by atoms with van der Waals surface area (Å²) < 4.78 is 21.0. The molecule has 0 amide bonds. The molecule has 0 N–H and O–H groups in total. The normalized spacial score (nSPS) is 14.7. The number of benzene rings is 2. The molecule has 36 heavy (non-hydrogen) atoms. The minimum absolute atomic E-state index is 0.218. The Balaban J connectivity index is 0.000000375. The van der Waals surface area contributed by atoms with Gasteiger partial charge < -0.3 is 14.2 Å². The van der Waals surface area contributed by atoms with E-state index in [-0.39, 0.29) is 11.2 Å². The molecule has 2 aromatic carbocycles. The Labute approximate surface area is 217 Å². The van der Waals surface area contributed by atoms with E-state index in [1.54, 1.807) is 36.3 Å². The topological polar surface area (TPSA) is 43.2 Å². The number of hydrogen-bond donors (Lipinski definition) is 0. The second-order valence-corrected chi connectivity index (χ2v) is 9.64. The number of aromatic nitrogens is 3. The Hall–Kier alpha value is -3.00. The van der Waals surface area contributed by atoms with Gasteiger partial charge in [-0.1, -0.05) is 37.3 Å². The van der Waals surface area contributed by atoms with E-state index in [9.17, 15) is 4.39 Å². The van der Waals surface area contributed by atoms with Crippen molar-refractivity contribution in [2.24, 2.45) is 0 Å². The van der Waals surface area contributed by atoms with Crippen LogP contribution >= 0.6 is 11.8 Å². The summed E-state index contributed by atoms with van der Waals surface area (Å²) in [6, 6.07) is 20.8. The summed E-state index contributed by atoms with van der Waals surface area (Å²) in [4.78, 5) is 11.5. The molecular formula is C29H33FN4OS. The zero-order chi connectivity index (χ0) is 25.3. The van der Waals surface area contributed by atoms with Crippen LogP contribution in [0.1, 0.15) is 18.7 Å². The molecule has 5 nitrogen and oxygen atoms in total. The van der Waals surface area contributed by atoms with E-state index in [1.807, 2.05) is 30.3 Å². The number of rotatable bonds is 6. The highest BCUT2D eigenvalue weighted by Gasteiger charge is 2.25. The van der Waals surface area contributed by atoms with E-state index in [4.69, 9.17) is 9.72 Å². The fourth-order valence-electron chi connectivity index (χ4n) is 4.21. The average molecular weight is 505 g/mol. The van der Waals surface area contributed by atoms with E-state index in [2.05, 4.69) is 46.8 Å². The first-order valence-electron chi connectivity index (χ1n) is 12.3. The molecule has 2 aromatic heterocycles. The highest BCUT2D eigenvalue weighted by atomic mass is 32.2. The largest absolute Gasteiger partial charge is 0.379 e. The molecule has 3 heterocycles. The third kappa shape index (κ3) is 6.22. The van der Waals surface area contributed by atoms with Crippen LogP contribution in [-0.2, 0) is 4.74 Å². The summed E-state index contributed by atoms with van der Waals surface area (Å²) >= 11 is 1.80. The zero-order valence-corrected chi connectivity index (χ0v) is 21.9. The minimum Gasteiger partial charge on any atom is -0.379 e. The summed E-state index contributed by atoms with van der Waals surface area (Å²) in [5, 5.41) is 0.218. The molecule has 7 heteroatoms. The summed E-state index contributed by atoms with van der Waals surface area (Å²) in [7, 11) is 2.11. The lowest BCUT2D eigenvalue weighted by Crippen LogP contribution is -2.32. The van der Waals surface area contributed by atoms with Crippen LogP contribution in [0.5, 0.6) is 0 Å². The van der Waals surface area contributed by atoms with Gasteiger partial charge in [0, 0.05) is 42.2 Å². The molecule has 0 radical (unpaired) electrons. The van der Waals surface area contributed by atoms with Gasteiger partial charge in [0.15, 0.2) is 0 Å². The number of imidazole rings is 1. The van der Waals surface area contributed by atoms with E-state index in [1.165, 1.54) is 12.1 Å². The standard InChI is InChI=1S/C24H22FN3S.C5H11NO/c1-3-21(29-2)28-23(18-13-15-26-16-14-18)22(17-9-11-20(25)12-10-17)27-24(28)19-7-5-4-6-8-19;1-6-2-4-7-5-3-6/h4-16,21H,3H2,1-2H3;2-5H2,1H3. The summed E-state index contributed by atoms with van der Waals surface area (Å²) in [6.07, 6.45) is 6.67. The number of morpholine rings is 1. The molecular weight excluding hydrogens is 471 g/mol. The molecule has 0 aliphatic carbocycles. The Bertz CT molecular complexity index is 1210. The van der Waals surface area contributed by atoms with Crippen LogP contribution in [0.15, 0.2) is 79.1 Å². The molecule has 188 valence electrons. The van der Waals surface area contributed by atoms with Gasteiger partial charge in [-0.3, -0.25) is 4.98 Å². The second kappa shape index (κ2) is 12.8. The number of hydrogen-bond acceptors (Lipinski definition) is 5. The first-order chi connectivity index (χ1) is 17.6. The fraction of sp³-hybridized carbons (Fsp3) is 0.310. The van der Waals surface area contributed by atoms with Crippen molar-refractivity contribution >= 4 is 11.8 Å². The summed E-state index contributed by atoms with van der Waals surface area (Å²) in [6.45, 7) is 6.21. The predicted molar refractivity (Wildman–Crippen MR) is 147 cm³/mol. The monoisotopic (exact) mass is 504 g/mol. The zero-order valence-electron chi connectivity index (χ0n) is 21.1. The first-order valence-corrected chi connectivity index (χ1v) is 13.5. The lowest BCUT2D eigenvalue weighted by Gasteiger charge is -2.21. The van der Waals surface area contributed by atoms with Gasteiger partial charge in [0.25, 0.3) is 0 Å². The third-order valence-corrected chi connectivity index (χ3v) is 7.25. The van der Waals surface area contributed by atoms with Crippen molar-refractivity contribution in [3.05, 3.63) is 84.9 Å². The van der Waals surface area contributed by atoms with Crippen molar-refractivity contribution in [3.8, 4) is 33.9 Å². The van der Waals surface area contributed by atoms with Crippen molar-refractivity contribution in [1.29, 1.82) is 0 Å². The third-order valence-electron chi connectivity index (χ3n) is 6.16. The molecule has 1 unspecified atom stereocenters. The number of nitrogens with zero attached hydrogens (tertiary/aromatic N) is 4. The molecule has 5 rings (SSSR count). The Morgan fingerprint density at radius 2 is 1.58 bits per heavy atom. The van der Waals surface area contributed by atoms with Crippen LogP contribution in [0.4, 0.5) is 4.39 Å². The van der Waals surface area contributed by atoms with Crippen molar-refractivity contribution in [3.63, 3.8) is 0 Å². The highest BCUT2D eigenvalue weighted by molar-refractivity contribution is 7.98. The van der Waals surface area contributed by atoms with E-state index in [0.717, 1.165) is 66.6 Å². The van der Waals surface area contributed by atoms with Crippen molar-refractivity contribution < 1.29 is 9.13 Å². The van der Waals surface area contributed by atoms with Gasteiger partial charge >= 0.3 is 0 Å². The maximum Gasteiger partial charge on any atom is 0.142 e. The van der Waals surface area contributed by atoms with E-state index < -0.39 is 0 Å². The van der Waals surface area contributed by atoms with Crippen molar-refractivity contribution in [1.82, 2.24) is 19.4 Å². The Kier molecular flexibility index (Phi) is 9.28. The van der Waals surface area contributed by atoms with Crippen molar-refractivity contribution in [2.75, 3.05) is 39.6 Å². The van der Waals surface area contributed by atoms with Crippen LogP contribution in [0, 0.1) is 5.82 Å². The fourth-order valence-corrected chi connectivity index (χ4v) is 4.96. The molecule has 1 atom stereocenters. The predicted octanol–water partition coefficient (Wildman–Crippen LogP) is 6.64. The number of thioether (sulfide) groups is 1. The van der Waals surface area contributed by atoms with E-state index >= 15 is 0 Å². The lowest BCUT2D eigenvalue weighted by atomic mass is 10.1. The Morgan fingerprint density at radius 3 is 2.14 bits per heavy atom. The maximum absolute atomic E-state index is 13.6. The Morgan fingerprint density at radius 1 is 0.917 bits per heavy atom. The number of halogens is 1. The van der Waals surface area contributed by atoms with Crippen LogP contribution in [0.3, 0.4) is 0 Å². The van der Waals surface area contributed by atoms with E-state index in [0.29, 0.717) is 0 Å². The SMILES string of the molecule is CCC(SC)n1c(-c2ccccc2)nc(-c2ccc(F)cc2)c1-c1ccncc1.CN1CCOCC1. The van der Waals surface area contributed by atoms with Crippen LogP contribution in [0.25, 0.3) is 33.9 Å². The van der Waals surface area contributed by atoms with Gasteiger partial charge in [0.1, 0.15) is 11.6 Å². The molecule has 1 fully saturated rings. The maximum atomic E-state index is 13.6. The molecule has 0 bridgehead atoms. The molecule has 4 aromatic rings. The molecule has 1 aliphatic rings. The van der Waals surface area contributed by atoms with Gasteiger partial charge in [-0.25, -0.2) is 9.37 Å². The molecule has 1 aliphatic heterocycles. The number of pyridine rings is 1. The quantitative estimate of drug-likeness (QED) is 0.295. The second-order valence-electron chi connectivity index (χ2n) is 8.63. The lowest BCUT2D eigenvalue weighted by molar-refractivity contribution is 0.0503. The van der Waals surface area contributed by atoms with Crippen molar-refractivity contribution in [2.45, 2.75) is 18.7 Å². The number of ether oxygens (including phenoxy) is 1. The van der Waals surface area contributed by atoms with Gasteiger partial charge in [-0.05, 0) is 56.1 Å². The van der Waals surface area contributed by atoms with Crippen LogP contribution < -0.4 is 0 Å². The van der Waals surface area contributed by atoms with Gasteiger partial charge in [0.2, 0.25) is 0 Å². The van der Waals surface area contributed by atoms with Gasteiger partial charge in [-0.2, -0.15) is 0 Å². The summed E-state index contributed by atoms with van der Waals surface area (Å²) in [5.74, 6) is 0.662. The molecule has 1 saturated heterocycles. The van der Waals surface area contributed by atoms with Gasteiger partial charge in [-0.15, -0.1) is 11.8 Å².